The minimum atomic E-state index is 0.488. The number of benzene rings is 1. The summed E-state index contributed by atoms with van der Waals surface area (Å²) in [5, 5.41) is 0.698. The lowest BCUT2D eigenvalue weighted by molar-refractivity contribution is 0.112. The zero-order valence-electron chi connectivity index (χ0n) is 10.1. The summed E-state index contributed by atoms with van der Waals surface area (Å²) < 4.78 is 5.66. The van der Waals surface area contributed by atoms with Crippen LogP contribution in [0.4, 0.5) is 0 Å². The molecule has 18 heavy (non-hydrogen) atoms. The topological polar surface area (TPSA) is 39.2 Å². The second-order valence-electron chi connectivity index (χ2n) is 4.02. The molecule has 0 atom stereocenters. The van der Waals surface area contributed by atoms with Crippen LogP contribution in [0.1, 0.15) is 21.5 Å². The molecule has 0 aliphatic rings. The Balaban J connectivity index is 2.28. The smallest absolute Gasteiger partial charge is 0.222 e. The highest BCUT2D eigenvalue weighted by Crippen LogP contribution is 2.26. The van der Waals surface area contributed by atoms with Gasteiger partial charge in [-0.3, -0.25) is 4.79 Å². The number of rotatable bonds is 3. The molecular formula is C14H12ClNO2. The Bertz CT molecular complexity index is 596. The third kappa shape index (κ3) is 2.68. The third-order valence-corrected chi connectivity index (χ3v) is 2.96. The lowest BCUT2D eigenvalue weighted by Gasteiger charge is -2.08. The highest BCUT2D eigenvalue weighted by molar-refractivity contribution is 6.31. The molecule has 0 radical (unpaired) electrons. The number of nitrogens with zero attached hydrogens (tertiary/aromatic N) is 1. The molecule has 0 saturated heterocycles. The molecule has 0 N–H and O–H groups in total. The molecule has 0 amide bonds. The van der Waals surface area contributed by atoms with Crippen molar-refractivity contribution in [1.29, 1.82) is 0 Å². The standard InChI is InChI=1S/C14H12ClNO2/c1-9-6-12(3-4-13(9)15)18-14-10(2)5-11(8-17)7-16-14/h3-8H,1-2H3. The van der Waals surface area contributed by atoms with Gasteiger partial charge < -0.3 is 4.74 Å². The summed E-state index contributed by atoms with van der Waals surface area (Å²) in [6, 6.07) is 7.14. The van der Waals surface area contributed by atoms with Crippen molar-refractivity contribution in [3.8, 4) is 11.6 Å². The summed E-state index contributed by atoms with van der Waals surface area (Å²) in [6.45, 7) is 3.75. The van der Waals surface area contributed by atoms with Crippen LogP contribution in [0.25, 0.3) is 0 Å². The molecule has 2 aromatic rings. The van der Waals surface area contributed by atoms with Gasteiger partial charge in [-0.1, -0.05) is 11.6 Å². The van der Waals surface area contributed by atoms with E-state index < -0.39 is 0 Å². The van der Waals surface area contributed by atoms with E-state index in [1.54, 1.807) is 18.2 Å². The first kappa shape index (κ1) is 12.6. The van der Waals surface area contributed by atoms with E-state index in [4.69, 9.17) is 16.3 Å². The average Bonchev–Trinajstić information content (AvgIpc) is 2.36. The summed E-state index contributed by atoms with van der Waals surface area (Å²) >= 11 is 5.94. The van der Waals surface area contributed by atoms with Crippen LogP contribution in [-0.4, -0.2) is 11.3 Å². The van der Waals surface area contributed by atoms with Crippen molar-refractivity contribution in [3.05, 3.63) is 52.2 Å². The zero-order chi connectivity index (χ0) is 13.1. The van der Waals surface area contributed by atoms with Gasteiger partial charge in [-0.15, -0.1) is 0 Å². The van der Waals surface area contributed by atoms with Gasteiger partial charge in [0, 0.05) is 22.3 Å². The highest BCUT2D eigenvalue weighted by Gasteiger charge is 2.05. The summed E-state index contributed by atoms with van der Waals surface area (Å²) in [4.78, 5) is 14.7. The van der Waals surface area contributed by atoms with Crippen LogP contribution in [0.5, 0.6) is 11.6 Å². The number of halogens is 1. The van der Waals surface area contributed by atoms with Crippen LogP contribution >= 0.6 is 11.6 Å². The van der Waals surface area contributed by atoms with Crippen LogP contribution in [-0.2, 0) is 0 Å². The number of aromatic nitrogens is 1. The molecule has 0 saturated carbocycles. The first-order valence-corrected chi connectivity index (χ1v) is 5.84. The normalized spacial score (nSPS) is 10.2. The molecule has 0 bridgehead atoms. The lowest BCUT2D eigenvalue weighted by atomic mass is 10.2. The molecule has 92 valence electrons. The van der Waals surface area contributed by atoms with Gasteiger partial charge in [0.15, 0.2) is 6.29 Å². The van der Waals surface area contributed by atoms with E-state index in [2.05, 4.69) is 4.98 Å². The molecule has 4 heteroatoms. The predicted molar refractivity (Wildman–Crippen MR) is 70.6 cm³/mol. The number of aldehydes is 1. The largest absolute Gasteiger partial charge is 0.439 e. The van der Waals surface area contributed by atoms with Gasteiger partial charge in [-0.25, -0.2) is 4.98 Å². The molecular weight excluding hydrogens is 250 g/mol. The lowest BCUT2D eigenvalue weighted by Crippen LogP contribution is -1.93. The predicted octanol–water partition coefficient (Wildman–Crippen LogP) is 3.96. The van der Waals surface area contributed by atoms with Crippen LogP contribution in [0.3, 0.4) is 0 Å². The van der Waals surface area contributed by atoms with E-state index in [1.807, 2.05) is 19.9 Å². The molecule has 3 nitrogen and oxygen atoms in total. The van der Waals surface area contributed by atoms with Crippen LogP contribution in [0, 0.1) is 13.8 Å². The Morgan fingerprint density at radius 3 is 2.61 bits per heavy atom. The van der Waals surface area contributed by atoms with Crippen molar-refractivity contribution in [2.24, 2.45) is 0 Å². The summed E-state index contributed by atoms with van der Waals surface area (Å²) in [5.41, 5.74) is 2.29. The SMILES string of the molecule is Cc1cc(Oc2ncc(C=O)cc2C)ccc1Cl. The Labute approximate surface area is 110 Å². The number of aryl methyl sites for hydroxylation is 2. The maximum Gasteiger partial charge on any atom is 0.222 e. The van der Waals surface area contributed by atoms with Crippen LogP contribution in [0.2, 0.25) is 5.02 Å². The van der Waals surface area contributed by atoms with Crippen molar-refractivity contribution < 1.29 is 9.53 Å². The minimum Gasteiger partial charge on any atom is -0.439 e. The van der Waals surface area contributed by atoms with E-state index >= 15 is 0 Å². The Morgan fingerprint density at radius 1 is 1.22 bits per heavy atom. The number of hydrogen-bond acceptors (Lipinski definition) is 3. The van der Waals surface area contributed by atoms with Gasteiger partial charge in [0.1, 0.15) is 5.75 Å². The Morgan fingerprint density at radius 2 is 2.00 bits per heavy atom. The quantitative estimate of drug-likeness (QED) is 0.785. The van der Waals surface area contributed by atoms with Gasteiger partial charge in [-0.05, 0) is 43.7 Å². The summed E-state index contributed by atoms with van der Waals surface area (Å²) in [7, 11) is 0. The molecule has 0 aliphatic carbocycles. The summed E-state index contributed by atoms with van der Waals surface area (Å²) in [5.74, 6) is 1.16. The molecule has 0 unspecified atom stereocenters. The first-order chi connectivity index (χ1) is 8.60. The van der Waals surface area contributed by atoms with Crippen LogP contribution < -0.4 is 4.74 Å². The second-order valence-corrected chi connectivity index (χ2v) is 4.43. The summed E-state index contributed by atoms with van der Waals surface area (Å²) in [6.07, 6.45) is 2.24. The maximum atomic E-state index is 10.6. The monoisotopic (exact) mass is 261 g/mol. The fourth-order valence-electron chi connectivity index (χ4n) is 1.55. The van der Waals surface area contributed by atoms with E-state index in [1.165, 1.54) is 6.20 Å². The highest BCUT2D eigenvalue weighted by atomic mass is 35.5. The van der Waals surface area contributed by atoms with Crippen molar-refractivity contribution in [3.63, 3.8) is 0 Å². The van der Waals surface area contributed by atoms with Crippen LogP contribution in [0.15, 0.2) is 30.5 Å². The van der Waals surface area contributed by atoms with Gasteiger partial charge in [-0.2, -0.15) is 0 Å². The molecule has 1 aromatic heterocycles. The van der Waals surface area contributed by atoms with E-state index in [-0.39, 0.29) is 0 Å². The molecule has 0 aliphatic heterocycles. The Hall–Kier alpha value is -1.87. The fraction of sp³-hybridized carbons (Fsp3) is 0.143. The molecule has 1 aromatic carbocycles. The fourth-order valence-corrected chi connectivity index (χ4v) is 1.67. The van der Waals surface area contributed by atoms with Crippen molar-refractivity contribution >= 4 is 17.9 Å². The molecule has 2 rings (SSSR count). The average molecular weight is 262 g/mol. The van der Waals surface area contributed by atoms with Gasteiger partial charge in [0.25, 0.3) is 0 Å². The second kappa shape index (κ2) is 5.19. The van der Waals surface area contributed by atoms with Gasteiger partial charge in [0.05, 0.1) is 0 Å². The van der Waals surface area contributed by atoms with E-state index in [0.29, 0.717) is 22.2 Å². The van der Waals surface area contributed by atoms with Gasteiger partial charge in [0.2, 0.25) is 5.88 Å². The number of ether oxygens (including phenoxy) is 1. The van der Waals surface area contributed by atoms with Crippen molar-refractivity contribution in [1.82, 2.24) is 4.98 Å². The maximum absolute atomic E-state index is 10.6. The van der Waals surface area contributed by atoms with Crippen molar-refractivity contribution in [2.45, 2.75) is 13.8 Å². The zero-order valence-corrected chi connectivity index (χ0v) is 10.9. The molecule has 0 fully saturated rings. The van der Waals surface area contributed by atoms with E-state index in [9.17, 15) is 4.79 Å². The minimum absolute atomic E-state index is 0.488. The molecule has 0 spiro atoms. The first-order valence-electron chi connectivity index (χ1n) is 5.46. The van der Waals surface area contributed by atoms with Gasteiger partial charge >= 0.3 is 0 Å². The number of hydrogen-bond donors (Lipinski definition) is 0. The number of carbonyl (C=O) groups excluding carboxylic acids is 1. The number of carbonyl (C=O) groups is 1. The van der Waals surface area contributed by atoms with Crippen molar-refractivity contribution in [2.75, 3.05) is 0 Å². The number of pyridine rings is 1. The Kier molecular flexibility index (Phi) is 3.63. The third-order valence-electron chi connectivity index (χ3n) is 2.53. The van der Waals surface area contributed by atoms with E-state index in [0.717, 1.165) is 17.4 Å². The molecule has 1 heterocycles.